The summed E-state index contributed by atoms with van der Waals surface area (Å²) < 4.78 is 20.6. The van der Waals surface area contributed by atoms with Crippen molar-refractivity contribution in [2.75, 3.05) is 18.2 Å². The van der Waals surface area contributed by atoms with Crippen LogP contribution in [0.5, 0.6) is 0 Å². The number of hydrogen-bond acceptors (Lipinski definition) is 6. The molecular formula is C11H13ClFN3O4. The molecule has 2 aliphatic rings. The fourth-order valence-corrected chi connectivity index (χ4v) is 3.11. The molecule has 1 saturated carbocycles. The van der Waals surface area contributed by atoms with Crippen molar-refractivity contribution in [3.63, 3.8) is 0 Å². The Balaban J connectivity index is 1.97. The van der Waals surface area contributed by atoms with Crippen molar-refractivity contribution in [3.8, 4) is 0 Å². The third-order valence-electron chi connectivity index (χ3n) is 4.01. The Morgan fingerprint density at radius 1 is 1.70 bits per heavy atom. The summed E-state index contributed by atoms with van der Waals surface area (Å²) in [5, 5.41) is 22.4. The van der Waals surface area contributed by atoms with Crippen LogP contribution in [0.3, 0.4) is 0 Å². The molecule has 0 aromatic carbocycles. The molecule has 20 heavy (non-hydrogen) atoms. The van der Waals surface area contributed by atoms with E-state index in [0.29, 0.717) is 5.82 Å². The highest BCUT2D eigenvalue weighted by molar-refractivity contribution is 6.19. The second-order valence-corrected chi connectivity index (χ2v) is 5.18. The summed E-state index contributed by atoms with van der Waals surface area (Å²) >= 11 is 5.66. The molecule has 9 heteroatoms. The first-order chi connectivity index (χ1) is 9.42. The molecule has 0 bridgehead atoms. The van der Waals surface area contributed by atoms with Gasteiger partial charge in [-0.2, -0.15) is 4.98 Å². The summed E-state index contributed by atoms with van der Waals surface area (Å²) in [7, 11) is 1.59. The molecule has 1 aliphatic heterocycles. The minimum atomic E-state index is -2.08. The van der Waals surface area contributed by atoms with Gasteiger partial charge < -0.3 is 20.3 Å². The molecule has 2 fully saturated rings. The van der Waals surface area contributed by atoms with Gasteiger partial charge >= 0.3 is 5.69 Å². The summed E-state index contributed by atoms with van der Waals surface area (Å²) in [4.78, 5) is 15.5. The van der Waals surface area contributed by atoms with Crippen LogP contribution in [0.15, 0.2) is 17.1 Å². The summed E-state index contributed by atoms with van der Waals surface area (Å²) in [5.74, 6) is 0.0499. The molecule has 5 atom stereocenters. The zero-order valence-corrected chi connectivity index (χ0v) is 11.2. The number of halogens is 2. The van der Waals surface area contributed by atoms with E-state index in [4.69, 9.17) is 16.3 Å². The van der Waals surface area contributed by atoms with Crippen LogP contribution in [0, 0.1) is 0 Å². The Hall–Kier alpha value is -1.22. The predicted octanol–water partition coefficient (Wildman–Crippen LogP) is -0.765. The number of fused-ring (bicyclic) bond motifs is 1. The summed E-state index contributed by atoms with van der Waals surface area (Å²) in [5.41, 5.74) is -4.38. The number of rotatable bonds is 3. The molecule has 1 aliphatic carbocycles. The fourth-order valence-electron chi connectivity index (χ4n) is 2.69. The number of hydrogen-bond donors (Lipinski definition) is 3. The molecule has 1 aromatic heterocycles. The van der Waals surface area contributed by atoms with Gasteiger partial charge in [0.25, 0.3) is 0 Å². The van der Waals surface area contributed by atoms with Crippen LogP contribution in [0.1, 0.15) is 6.23 Å². The van der Waals surface area contributed by atoms with Gasteiger partial charge in [0.1, 0.15) is 17.5 Å². The minimum absolute atomic E-state index is 0.279. The van der Waals surface area contributed by atoms with E-state index in [0.717, 1.165) is 4.57 Å². The lowest BCUT2D eigenvalue weighted by atomic mass is 10.1. The van der Waals surface area contributed by atoms with E-state index in [9.17, 15) is 19.4 Å². The van der Waals surface area contributed by atoms with E-state index in [1.807, 2.05) is 0 Å². The lowest BCUT2D eigenvalue weighted by Gasteiger charge is -2.21. The van der Waals surface area contributed by atoms with Gasteiger partial charge in [0.2, 0.25) is 0 Å². The number of nitrogens with one attached hydrogen (secondary N) is 1. The van der Waals surface area contributed by atoms with Crippen LogP contribution >= 0.6 is 11.6 Å². The van der Waals surface area contributed by atoms with E-state index in [-0.39, 0.29) is 5.88 Å². The number of anilines is 1. The topological polar surface area (TPSA) is 96.6 Å². The number of nitrogens with zero attached hydrogens (tertiary/aromatic N) is 2. The molecule has 110 valence electrons. The van der Waals surface area contributed by atoms with Crippen molar-refractivity contribution < 1.29 is 19.3 Å². The molecule has 0 amide bonds. The molecule has 3 rings (SSSR count). The second kappa shape index (κ2) is 4.14. The average Bonchev–Trinajstić information content (AvgIpc) is 2.81. The first-order valence-corrected chi connectivity index (χ1v) is 6.51. The predicted molar refractivity (Wildman–Crippen MR) is 67.5 cm³/mol. The highest BCUT2D eigenvalue weighted by atomic mass is 35.5. The molecule has 0 spiro atoms. The second-order valence-electron chi connectivity index (χ2n) is 4.91. The highest BCUT2D eigenvalue weighted by Gasteiger charge is 2.87. The molecule has 3 N–H and O–H groups in total. The largest absolute Gasteiger partial charge is 0.387 e. The Morgan fingerprint density at radius 3 is 2.90 bits per heavy atom. The lowest BCUT2D eigenvalue weighted by Crippen LogP contribution is -2.38. The number of alkyl halides is 2. The Kier molecular flexibility index (Phi) is 2.85. The maximum absolute atomic E-state index is 14.3. The van der Waals surface area contributed by atoms with Crippen LogP contribution in [-0.4, -0.2) is 56.2 Å². The molecule has 5 unspecified atom stereocenters. The van der Waals surface area contributed by atoms with Gasteiger partial charge in [-0.25, -0.2) is 9.18 Å². The molecule has 1 aromatic rings. The maximum atomic E-state index is 14.3. The van der Waals surface area contributed by atoms with Gasteiger partial charge in [-0.15, -0.1) is 11.6 Å². The van der Waals surface area contributed by atoms with Crippen molar-refractivity contribution in [2.45, 2.75) is 29.7 Å². The van der Waals surface area contributed by atoms with Crippen molar-refractivity contribution in [3.05, 3.63) is 22.7 Å². The minimum Gasteiger partial charge on any atom is -0.387 e. The normalized spacial score (nSPS) is 42.4. The number of ether oxygens (including phenoxy) is 1. The Morgan fingerprint density at radius 2 is 2.40 bits per heavy atom. The number of aromatic nitrogens is 2. The van der Waals surface area contributed by atoms with E-state index < -0.39 is 35.4 Å². The first-order valence-electron chi connectivity index (χ1n) is 5.97. The SMILES string of the molecule is CNc1ccn(C2OC3(CCl)C(O)C3(O)C2F)c(=O)n1. The van der Waals surface area contributed by atoms with Gasteiger partial charge in [-0.3, -0.25) is 4.57 Å². The van der Waals surface area contributed by atoms with Crippen LogP contribution in [0.25, 0.3) is 0 Å². The third kappa shape index (κ3) is 1.39. The molecule has 1 saturated heterocycles. The van der Waals surface area contributed by atoms with E-state index >= 15 is 0 Å². The number of aliphatic hydroxyl groups excluding tert-OH is 1. The molecule has 7 nitrogen and oxygen atoms in total. The van der Waals surface area contributed by atoms with Gasteiger partial charge in [-0.05, 0) is 6.07 Å². The van der Waals surface area contributed by atoms with Crippen LogP contribution in [0.4, 0.5) is 10.2 Å². The summed E-state index contributed by atoms with van der Waals surface area (Å²) in [6, 6.07) is 1.47. The van der Waals surface area contributed by atoms with Crippen LogP contribution in [-0.2, 0) is 4.74 Å². The lowest BCUT2D eigenvalue weighted by molar-refractivity contribution is -0.0867. The van der Waals surface area contributed by atoms with E-state index in [2.05, 4.69) is 10.3 Å². The zero-order valence-electron chi connectivity index (χ0n) is 10.5. The molecule has 0 radical (unpaired) electrons. The summed E-state index contributed by atoms with van der Waals surface area (Å²) in [6.45, 7) is 0. The molecule has 2 heterocycles. The maximum Gasteiger partial charge on any atom is 0.351 e. The van der Waals surface area contributed by atoms with Gasteiger partial charge in [0.15, 0.2) is 18.0 Å². The van der Waals surface area contributed by atoms with Crippen molar-refractivity contribution in [1.82, 2.24) is 9.55 Å². The summed E-state index contributed by atoms with van der Waals surface area (Å²) in [6.07, 6.45) is -3.44. The third-order valence-corrected chi connectivity index (χ3v) is 4.41. The van der Waals surface area contributed by atoms with Crippen LogP contribution in [0.2, 0.25) is 0 Å². The van der Waals surface area contributed by atoms with Gasteiger partial charge in [0, 0.05) is 13.2 Å². The average molecular weight is 306 g/mol. The van der Waals surface area contributed by atoms with E-state index in [1.165, 1.54) is 12.3 Å². The van der Waals surface area contributed by atoms with Crippen molar-refractivity contribution >= 4 is 17.4 Å². The number of aliphatic hydroxyl groups is 2. The molecular weight excluding hydrogens is 293 g/mol. The van der Waals surface area contributed by atoms with E-state index in [1.54, 1.807) is 7.05 Å². The standard InChI is InChI=1S/C11H13ClFN3O4/c1-14-5-2-3-16(9(18)15-5)7-6(13)11(19)8(17)10(11,4-12)20-7/h2-3,6-8,17,19H,4H2,1H3,(H,14,15,18). The fraction of sp³-hybridized carbons (Fsp3) is 0.636. The van der Waals surface area contributed by atoms with Gasteiger partial charge in [0.05, 0.1) is 5.88 Å². The van der Waals surface area contributed by atoms with Gasteiger partial charge in [-0.1, -0.05) is 0 Å². The van der Waals surface area contributed by atoms with Crippen molar-refractivity contribution in [1.29, 1.82) is 0 Å². The monoisotopic (exact) mass is 305 g/mol. The van der Waals surface area contributed by atoms with Crippen LogP contribution < -0.4 is 11.0 Å². The first kappa shape index (κ1) is 13.7. The smallest absolute Gasteiger partial charge is 0.351 e. The highest BCUT2D eigenvalue weighted by Crippen LogP contribution is 2.63. The zero-order chi connectivity index (χ0) is 14.7. The Bertz CT molecular complexity index is 610. The van der Waals surface area contributed by atoms with Crippen molar-refractivity contribution in [2.24, 2.45) is 0 Å². The quantitative estimate of drug-likeness (QED) is 0.635. The Labute approximate surface area is 118 Å².